The second-order valence-corrected chi connectivity index (χ2v) is 5.28. The first-order valence-electron chi connectivity index (χ1n) is 7.02. The Bertz CT molecular complexity index is 456. The molecule has 0 radical (unpaired) electrons. The molecule has 0 unspecified atom stereocenters. The van der Waals surface area contributed by atoms with E-state index < -0.39 is 5.54 Å². The van der Waals surface area contributed by atoms with Gasteiger partial charge >= 0.3 is 6.03 Å². The van der Waals surface area contributed by atoms with Gasteiger partial charge in [0.2, 0.25) is 0 Å². The van der Waals surface area contributed by atoms with E-state index in [-0.39, 0.29) is 12.6 Å². The van der Waals surface area contributed by atoms with Crippen LogP contribution in [0.5, 0.6) is 5.75 Å². The van der Waals surface area contributed by atoms with Crippen LogP contribution in [0.2, 0.25) is 0 Å². The fraction of sp³-hybridized carbons (Fsp3) is 0.533. The van der Waals surface area contributed by atoms with Crippen LogP contribution in [0.4, 0.5) is 10.5 Å². The number of nitrogens with one attached hydrogen (secondary N) is 2. The molecule has 1 aromatic rings. The maximum atomic E-state index is 12.1. The molecule has 0 aromatic heterocycles. The first-order valence-corrected chi connectivity index (χ1v) is 7.02. The summed E-state index contributed by atoms with van der Waals surface area (Å²) < 4.78 is 5.20. The number of para-hydroxylation sites is 2. The maximum absolute atomic E-state index is 12.1. The van der Waals surface area contributed by atoms with Gasteiger partial charge in [-0.25, -0.2) is 4.79 Å². The summed E-state index contributed by atoms with van der Waals surface area (Å²) in [7, 11) is 1.56. The number of rotatable bonds is 4. The van der Waals surface area contributed by atoms with Crippen LogP contribution in [0.1, 0.15) is 32.1 Å². The zero-order valence-corrected chi connectivity index (χ0v) is 11.8. The van der Waals surface area contributed by atoms with E-state index in [1.54, 1.807) is 19.2 Å². The number of anilines is 1. The Morgan fingerprint density at radius 3 is 2.65 bits per heavy atom. The lowest BCUT2D eigenvalue weighted by Gasteiger charge is -2.36. The van der Waals surface area contributed by atoms with Crippen LogP contribution >= 0.6 is 0 Å². The largest absolute Gasteiger partial charge is 0.495 e. The monoisotopic (exact) mass is 278 g/mol. The molecule has 0 aliphatic heterocycles. The molecular formula is C15H22N2O3. The number of hydrogen-bond donors (Lipinski definition) is 3. The first kappa shape index (κ1) is 14.7. The molecule has 5 nitrogen and oxygen atoms in total. The lowest BCUT2D eigenvalue weighted by Crippen LogP contribution is -2.53. The summed E-state index contributed by atoms with van der Waals surface area (Å²) >= 11 is 0. The molecule has 5 heteroatoms. The van der Waals surface area contributed by atoms with Crippen LogP contribution in [0.3, 0.4) is 0 Å². The number of ether oxygens (including phenoxy) is 1. The molecule has 20 heavy (non-hydrogen) atoms. The topological polar surface area (TPSA) is 70.6 Å². The van der Waals surface area contributed by atoms with Crippen molar-refractivity contribution < 1.29 is 14.6 Å². The quantitative estimate of drug-likeness (QED) is 0.792. The zero-order valence-electron chi connectivity index (χ0n) is 11.8. The molecule has 110 valence electrons. The van der Waals surface area contributed by atoms with Crippen LogP contribution in [-0.2, 0) is 0 Å². The van der Waals surface area contributed by atoms with Crippen molar-refractivity contribution in [2.75, 3.05) is 19.0 Å². The highest BCUT2D eigenvalue weighted by Crippen LogP contribution is 2.28. The Hall–Kier alpha value is -1.75. The van der Waals surface area contributed by atoms with Crippen molar-refractivity contribution in [3.8, 4) is 5.75 Å². The lowest BCUT2D eigenvalue weighted by atomic mass is 9.82. The lowest BCUT2D eigenvalue weighted by molar-refractivity contribution is 0.128. The average Bonchev–Trinajstić information content (AvgIpc) is 2.48. The molecule has 0 bridgehead atoms. The minimum absolute atomic E-state index is 0.0215. The van der Waals surface area contributed by atoms with Crippen LogP contribution in [0.15, 0.2) is 24.3 Å². The third kappa shape index (κ3) is 3.42. The Morgan fingerprint density at radius 2 is 2.00 bits per heavy atom. The van der Waals surface area contributed by atoms with Gasteiger partial charge in [-0.2, -0.15) is 0 Å². The third-order valence-corrected chi connectivity index (χ3v) is 3.85. The zero-order chi connectivity index (χ0) is 14.4. The van der Waals surface area contributed by atoms with E-state index in [1.807, 2.05) is 12.1 Å². The molecule has 1 aliphatic carbocycles. The van der Waals surface area contributed by atoms with Gasteiger partial charge in [0.1, 0.15) is 5.75 Å². The highest BCUT2D eigenvalue weighted by molar-refractivity contribution is 5.91. The Labute approximate surface area is 119 Å². The van der Waals surface area contributed by atoms with Crippen molar-refractivity contribution in [3.05, 3.63) is 24.3 Å². The van der Waals surface area contributed by atoms with Gasteiger partial charge in [-0.05, 0) is 25.0 Å². The van der Waals surface area contributed by atoms with Crippen molar-refractivity contribution >= 4 is 11.7 Å². The Morgan fingerprint density at radius 1 is 1.30 bits per heavy atom. The van der Waals surface area contributed by atoms with Gasteiger partial charge in [-0.1, -0.05) is 31.4 Å². The van der Waals surface area contributed by atoms with Crippen LogP contribution in [0.25, 0.3) is 0 Å². The fourth-order valence-corrected chi connectivity index (χ4v) is 2.69. The summed E-state index contributed by atoms with van der Waals surface area (Å²) in [6, 6.07) is 6.95. The van der Waals surface area contributed by atoms with Crippen molar-refractivity contribution in [2.24, 2.45) is 0 Å². The molecule has 0 atom stereocenters. The number of methoxy groups -OCH3 is 1. The average molecular weight is 278 g/mol. The highest BCUT2D eigenvalue weighted by atomic mass is 16.5. The third-order valence-electron chi connectivity index (χ3n) is 3.85. The van der Waals surface area contributed by atoms with E-state index in [4.69, 9.17) is 4.74 Å². The predicted octanol–water partition coefficient (Wildman–Crippen LogP) is 2.51. The summed E-state index contributed by atoms with van der Waals surface area (Å²) in [4.78, 5) is 12.1. The van der Waals surface area contributed by atoms with E-state index in [0.29, 0.717) is 11.4 Å². The Kier molecular flexibility index (Phi) is 4.84. The molecule has 2 amide bonds. The maximum Gasteiger partial charge on any atom is 0.319 e. The second-order valence-electron chi connectivity index (χ2n) is 5.28. The molecule has 0 saturated heterocycles. The number of benzene rings is 1. The van der Waals surface area contributed by atoms with Crippen molar-refractivity contribution in [1.82, 2.24) is 5.32 Å². The van der Waals surface area contributed by atoms with Crippen molar-refractivity contribution in [1.29, 1.82) is 0 Å². The second kappa shape index (κ2) is 6.61. The van der Waals surface area contributed by atoms with Crippen LogP contribution in [-0.4, -0.2) is 30.4 Å². The van der Waals surface area contributed by atoms with Gasteiger partial charge in [0, 0.05) is 0 Å². The van der Waals surface area contributed by atoms with Crippen molar-refractivity contribution in [3.63, 3.8) is 0 Å². The molecule has 1 fully saturated rings. The summed E-state index contributed by atoms with van der Waals surface area (Å²) in [6.45, 7) is -0.0215. The summed E-state index contributed by atoms with van der Waals surface area (Å²) in [6.07, 6.45) is 4.88. The number of amides is 2. The van der Waals surface area contributed by atoms with E-state index in [0.717, 1.165) is 32.1 Å². The van der Waals surface area contributed by atoms with E-state index in [2.05, 4.69) is 10.6 Å². The predicted molar refractivity (Wildman–Crippen MR) is 78.1 cm³/mol. The number of carbonyl (C=O) groups excluding carboxylic acids is 1. The minimum Gasteiger partial charge on any atom is -0.495 e. The number of hydrogen-bond acceptors (Lipinski definition) is 3. The van der Waals surface area contributed by atoms with E-state index in [9.17, 15) is 9.90 Å². The van der Waals surface area contributed by atoms with Gasteiger partial charge in [-0.15, -0.1) is 0 Å². The smallest absolute Gasteiger partial charge is 0.319 e. The number of aliphatic hydroxyl groups is 1. The van der Waals surface area contributed by atoms with E-state index >= 15 is 0 Å². The van der Waals surface area contributed by atoms with Gasteiger partial charge in [0.05, 0.1) is 24.9 Å². The number of aliphatic hydroxyl groups excluding tert-OH is 1. The van der Waals surface area contributed by atoms with Crippen LogP contribution in [0, 0.1) is 0 Å². The molecule has 0 heterocycles. The van der Waals surface area contributed by atoms with Crippen LogP contribution < -0.4 is 15.4 Å². The summed E-state index contributed by atoms with van der Waals surface area (Å²) in [5, 5.41) is 15.3. The molecule has 1 aromatic carbocycles. The van der Waals surface area contributed by atoms with Gasteiger partial charge in [0.15, 0.2) is 0 Å². The number of urea groups is 1. The molecule has 1 saturated carbocycles. The molecule has 0 spiro atoms. The fourth-order valence-electron chi connectivity index (χ4n) is 2.69. The van der Waals surface area contributed by atoms with Gasteiger partial charge < -0.3 is 20.5 Å². The normalized spacial score (nSPS) is 17.3. The summed E-state index contributed by atoms with van der Waals surface area (Å²) in [5.74, 6) is 0.615. The molecule has 1 aliphatic rings. The Balaban J connectivity index is 2.01. The highest BCUT2D eigenvalue weighted by Gasteiger charge is 2.32. The van der Waals surface area contributed by atoms with Gasteiger partial charge in [-0.3, -0.25) is 0 Å². The molecular weight excluding hydrogens is 256 g/mol. The minimum atomic E-state index is -0.482. The van der Waals surface area contributed by atoms with Gasteiger partial charge in [0.25, 0.3) is 0 Å². The SMILES string of the molecule is COc1ccccc1NC(=O)NC1(CO)CCCCC1. The van der Waals surface area contributed by atoms with Crippen molar-refractivity contribution in [2.45, 2.75) is 37.6 Å². The molecule has 2 rings (SSSR count). The number of carbonyl (C=O) groups is 1. The van der Waals surface area contributed by atoms with E-state index in [1.165, 1.54) is 0 Å². The standard InChI is InChI=1S/C15H22N2O3/c1-20-13-8-4-3-7-12(13)16-14(19)17-15(11-18)9-5-2-6-10-15/h3-4,7-8,18H,2,5-6,9-11H2,1H3,(H2,16,17,19). The molecule has 3 N–H and O–H groups in total. The summed E-state index contributed by atoms with van der Waals surface area (Å²) in [5.41, 5.74) is 0.140. The first-order chi connectivity index (χ1) is 9.69.